The SMILES string of the molecule is COC(=O)C1Cc2ccccc2CN1C(=O)CN1CCN(c2ccc(F)cc2)CC1. The Bertz CT molecular complexity index is 910. The average Bonchev–Trinajstić information content (AvgIpc) is 2.78. The molecule has 1 amide bonds. The van der Waals surface area contributed by atoms with Gasteiger partial charge in [-0.2, -0.15) is 0 Å². The Morgan fingerprint density at radius 1 is 1.00 bits per heavy atom. The van der Waals surface area contributed by atoms with Gasteiger partial charge in [0.05, 0.1) is 13.7 Å². The highest BCUT2D eigenvalue weighted by atomic mass is 19.1. The van der Waals surface area contributed by atoms with Crippen LogP contribution in [0.2, 0.25) is 0 Å². The van der Waals surface area contributed by atoms with Gasteiger partial charge < -0.3 is 14.5 Å². The lowest BCUT2D eigenvalue weighted by Crippen LogP contribution is -2.54. The number of fused-ring (bicyclic) bond motifs is 1. The fraction of sp³-hybridized carbons (Fsp3) is 0.391. The third kappa shape index (κ3) is 4.31. The van der Waals surface area contributed by atoms with Crippen LogP contribution in [0.1, 0.15) is 11.1 Å². The quantitative estimate of drug-likeness (QED) is 0.721. The summed E-state index contributed by atoms with van der Waals surface area (Å²) in [6.45, 7) is 3.69. The summed E-state index contributed by atoms with van der Waals surface area (Å²) in [7, 11) is 1.36. The molecule has 0 aromatic heterocycles. The van der Waals surface area contributed by atoms with Crippen molar-refractivity contribution >= 4 is 17.6 Å². The Labute approximate surface area is 175 Å². The van der Waals surface area contributed by atoms with Crippen molar-refractivity contribution in [2.75, 3.05) is 44.7 Å². The molecule has 0 N–H and O–H groups in total. The van der Waals surface area contributed by atoms with Crippen molar-refractivity contribution in [2.24, 2.45) is 0 Å². The Kier molecular flexibility index (Phi) is 5.99. The third-order valence-corrected chi connectivity index (χ3v) is 5.97. The number of piperazine rings is 1. The molecule has 2 heterocycles. The zero-order chi connectivity index (χ0) is 21.1. The largest absolute Gasteiger partial charge is 0.467 e. The smallest absolute Gasteiger partial charge is 0.328 e. The molecule has 2 aromatic carbocycles. The molecule has 0 bridgehead atoms. The second kappa shape index (κ2) is 8.83. The van der Waals surface area contributed by atoms with E-state index in [0.29, 0.717) is 13.0 Å². The molecule has 2 aromatic rings. The van der Waals surface area contributed by atoms with E-state index >= 15 is 0 Å². The minimum absolute atomic E-state index is 0.0601. The molecule has 0 spiro atoms. The first kappa shape index (κ1) is 20.3. The summed E-state index contributed by atoms with van der Waals surface area (Å²) in [6.07, 6.45) is 0.479. The molecule has 30 heavy (non-hydrogen) atoms. The molecule has 1 fully saturated rings. The fourth-order valence-corrected chi connectivity index (χ4v) is 4.23. The first-order valence-electron chi connectivity index (χ1n) is 10.2. The number of carbonyl (C=O) groups is 2. The predicted molar refractivity (Wildman–Crippen MR) is 112 cm³/mol. The van der Waals surface area contributed by atoms with Crippen LogP contribution < -0.4 is 4.90 Å². The molecule has 158 valence electrons. The van der Waals surface area contributed by atoms with Gasteiger partial charge in [-0.05, 0) is 35.4 Å². The number of rotatable bonds is 4. The zero-order valence-electron chi connectivity index (χ0n) is 17.1. The number of nitrogens with zero attached hydrogens (tertiary/aromatic N) is 3. The number of hydrogen-bond donors (Lipinski definition) is 0. The van der Waals surface area contributed by atoms with Crippen molar-refractivity contribution in [3.05, 3.63) is 65.5 Å². The highest BCUT2D eigenvalue weighted by Crippen LogP contribution is 2.25. The lowest BCUT2D eigenvalue weighted by Gasteiger charge is -2.39. The maximum absolute atomic E-state index is 13.1. The van der Waals surface area contributed by atoms with Gasteiger partial charge in [-0.3, -0.25) is 9.69 Å². The van der Waals surface area contributed by atoms with Gasteiger partial charge in [-0.1, -0.05) is 24.3 Å². The number of amides is 1. The van der Waals surface area contributed by atoms with Crippen LogP contribution in [0, 0.1) is 5.82 Å². The van der Waals surface area contributed by atoms with E-state index in [9.17, 15) is 14.0 Å². The average molecular weight is 411 g/mol. The number of ether oxygens (including phenoxy) is 1. The summed E-state index contributed by atoms with van der Waals surface area (Å²) < 4.78 is 18.1. The molecular weight excluding hydrogens is 385 g/mol. The summed E-state index contributed by atoms with van der Waals surface area (Å²) in [6, 6.07) is 13.8. The van der Waals surface area contributed by atoms with Crippen molar-refractivity contribution in [3.8, 4) is 0 Å². The van der Waals surface area contributed by atoms with Crippen LogP contribution >= 0.6 is 0 Å². The van der Waals surface area contributed by atoms with Crippen LogP contribution in [0.5, 0.6) is 0 Å². The van der Waals surface area contributed by atoms with E-state index in [1.807, 2.05) is 24.3 Å². The van der Waals surface area contributed by atoms with Crippen LogP contribution in [-0.4, -0.2) is 67.6 Å². The Balaban J connectivity index is 1.39. The highest BCUT2D eigenvalue weighted by molar-refractivity contribution is 5.86. The van der Waals surface area contributed by atoms with Gasteiger partial charge in [0.25, 0.3) is 0 Å². The fourth-order valence-electron chi connectivity index (χ4n) is 4.23. The minimum atomic E-state index is -0.585. The molecule has 0 saturated carbocycles. The lowest BCUT2D eigenvalue weighted by atomic mass is 9.94. The van der Waals surface area contributed by atoms with Gasteiger partial charge >= 0.3 is 5.97 Å². The number of carbonyl (C=O) groups excluding carboxylic acids is 2. The Hall–Kier alpha value is -2.93. The molecule has 1 unspecified atom stereocenters. The first-order chi connectivity index (χ1) is 14.5. The lowest BCUT2D eigenvalue weighted by molar-refractivity contribution is -0.154. The number of esters is 1. The van der Waals surface area contributed by atoms with Gasteiger partial charge in [0.2, 0.25) is 5.91 Å². The highest BCUT2D eigenvalue weighted by Gasteiger charge is 2.36. The maximum Gasteiger partial charge on any atom is 0.328 e. The number of halogens is 1. The summed E-state index contributed by atoms with van der Waals surface area (Å²) in [5.74, 6) is -0.680. The molecular formula is C23H26FN3O3. The topological polar surface area (TPSA) is 53.1 Å². The van der Waals surface area contributed by atoms with Crippen LogP contribution in [0.3, 0.4) is 0 Å². The number of hydrogen-bond acceptors (Lipinski definition) is 5. The molecule has 2 aliphatic rings. The summed E-state index contributed by atoms with van der Waals surface area (Å²) in [5.41, 5.74) is 3.15. The maximum atomic E-state index is 13.1. The summed E-state index contributed by atoms with van der Waals surface area (Å²) >= 11 is 0. The summed E-state index contributed by atoms with van der Waals surface area (Å²) in [5, 5.41) is 0. The molecule has 6 nitrogen and oxygen atoms in total. The van der Waals surface area contributed by atoms with Gasteiger partial charge in [0, 0.05) is 44.8 Å². The number of anilines is 1. The third-order valence-electron chi connectivity index (χ3n) is 5.97. The van der Waals surface area contributed by atoms with Gasteiger partial charge in [0.15, 0.2) is 0 Å². The van der Waals surface area contributed by atoms with Gasteiger partial charge in [0.1, 0.15) is 11.9 Å². The normalized spacial score (nSPS) is 19.3. The molecule has 4 rings (SSSR count). The predicted octanol–water partition coefficient (Wildman–Crippen LogP) is 2.07. The van der Waals surface area contributed by atoms with E-state index in [2.05, 4.69) is 9.80 Å². The first-order valence-corrected chi connectivity index (χ1v) is 10.2. The monoisotopic (exact) mass is 411 g/mol. The van der Waals surface area contributed by atoms with E-state index in [1.165, 1.54) is 19.2 Å². The number of methoxy groups -OCH3 is 1. The van der Waals surface area contributed by atoms with Crippen molar-refractivity contribution in [2.45, 2.75) is 19.0 Å². The van der Waals surface area contributed by atoms with E-state index in [0.717, 1.165) is 43.0 Å². The van der Waals surface area contributed by atoms with Crippen molar-refractivity contribution in [1.29, 1.82) is 0 Å². The van der Waals surface area contributed by atoms with Crippen LogP contribution in [0.15, 0.2) is 48.5 Å². The van der Waals surface area contributed by atoms with E-state index in [1.54, 1.807) is 17.0 Å². The van der Waals surface area contributed by atoms with Crippen molar-refractivity contribution in [3.63, 3.8) is 0 Å². The van der Waals surface area contributed by atoms with Crippen molar-refractivity contribution in [1.82, 2.24) is 9.80 Å². The standard InChI is InChI=1S/C23H26FN3O3/c1-30-23(29)21-14-17-4-2-3-5-18(17)15-27(21)22(28)16-25-10-12-26(13-11-25)20-8-6-19(24)7-9-20/h2-9,21H,10-16H2,1H3. The second-order valence-corrected chi connectivity index (χ2v) is 7.77. The van der Waals surface area contributed by atoms with Gasteiger partial charge in [-0.15, -0.1) is 0 Å². The summed E-state index contributed by atoms with van der Waals surface area (Å²) in [4.78, 5) is 31.4. The molecule has 2 aliphatic heterocycles. The van der Waals surface area contributed by atoms with Crippen LogP contribution in [0.4, 0.5) is 10.1 Å². The minimum Gasteiger partial charge on any atom is -0.467 e. The molecule has 7 heteroatoms. The van der Waals surface area contributed by atoms with E-state index in [-0.39, 0.29) is 24.2 Å². The zero-order valence-corrected chi connectivity index (χ0v) is 17.1. The molecule has 0 radical (unpaired) electrons. The Morgan fingerprint density at radius 3 is 2.33 bits per heavy atom. The van der Waals surface area contributed by atoms with Crippen LogP contribution in [-0.2, 0) is 27.3 Å². The second-order valence-electron chi connectivity index (χ2n) is 7.77. The Morgan fingerprint density at radius 2 is 1.67 bits per heavy atom. The molecule has 0 aliphatic carbocycles. The van der Waals surface area contributed by atoms with Crippen LogP contribution in [0.25, 0.3) is 0 Å². The number of benzene rings is 2. The molecule has 1 saturated heterocycles. The van der Waals surface area contributed by atoms with E-state index < -0.39 is 6.04 Å². The van der Waals surface area contributed by atoms with Gasteiger partial charge in [-0.25, -0.2) is 9.18 Å². The van der Waals surface area contributed by atoms with Crippen molar-refractivity contribution < 1.29 is 18.7 Å². The molecule has 1 atom stereocenters. The van der Waals surface area contributed by atoms with E-state index in [4.69, 9.17) is 4.74 Å².